The van der Waals surface area contributed by atoms with Crippen molar-refractivity contribution in [3.63, 3.8) is 0 Å². The summed E-state index contributed by atoms with van der Waals surface area (Å²) in [6, 6.07) is 41.7. The highest BCUT2D eigenvalue weighted by molar-refractivity contribution is 5.87. The molecule has 0 atom stereocenters. The maximum Gasteiger partial charge on any atom is 0.0651 e. The Morgan fingerprint density at radius 3 is 0.791 bits per heavy atom. The van der Waals surface area contributed by atoms with Crippen LogP contribution in [-0.2, 0) is 16.2 Å². The van der Waals surface area contributed by atoms with Gasteiger partial charge in [0.15, 0.2) is 0 Å². The Labute approximate surface area is 259 Å². The molecule has 43 heavy (non-hydrogen) atoms. The minimum Gasteiger partial charge on any atom is -0.0574 e. The Morgan fingerprint density at radius 2 is 0.535 bits per heavy atom. The summed E-state index contributed by atoms with van der Waals surface area (Å²) >= 11 is 0. The van der Waals surface area contributed by atoms with E-state index in [2.05, 4.69) is 172 Å². The predicted octanol–water partition coefficient (Wildman–Crippen LogP) is 11.9. The van der Waals surface area contributed by atoms with E-state index in [9.17, 15) is 0 Å². The molecule has 6 aliphatic rings. The summed E-state index contributed by atoms with van der Waals surface area (Å²) in [7, 11) is 0. The maximum atomic E-state index is 2.34. The zero-order valence-electron chi connectivity index (χ0n) is 27.4. The maximum absolute atomic E-state index is 2.34. The molecule has 0 aromatic heterocycles. The topological polar surface area (TPSA) is 0 Å². The molecule has 0 aromatic carbocycles. The summed E-state index contributed by atoms with van der Waals surface area (Å²) in [5.41, 5.74) is 15.9. The van der Waals surface area contributed by atoms with E-state index >= 15 is 0 Å². The van der Waals surface area contributed by atoms with Crippen LogP contribution >= 0.6 is 0 Å². The van der Waals surface area contributed by atoms with Crippen LogP contribution in [0.25, 0.3) is 33.4 Å². The van der Waals surface area contributed by atoms with Crippen molar-refractivity contribution in [3.05, 3.63) is 148 Å². The molecule has 0 heteroatoms. The first-order valence-electron chi connectivity index (χ1n) is 15.7. The second kappa shape index (κ2) is 10.3. The second-order valence-corrected chi connectivity index (χ2v) is 15.3. The third-order valence-corrected chi connectivity index (χ3v) is 9.11. The fourth-order valence-corrected chi connectivity index (χ4v) is 6.33. The number of hydrogen-bond acceptors (Lipinski definition) is 0. The Balaban J connectivity index is 1.61. The molecule has 0 heterocycles. The van der Waals surface area contributed by atoms with E-state index in [1.165, 1.54) is 72.7 Å². The average molecular weight is 562 g/mol. The SMILES string of the molecule is CC(C)(C)c1ccc2ccc([C+](c3ccc4ccc(C(C)(C)C)ccc3-4)c3ccc4ccc(C(C)(C)C)ccc3-4)c-2cc1. The minimum absolute atomic E-state index is 0.0892. The number of fused-ring (bicyclic) bond motifs is 3. The first-order valence-corrected chi connectivity index (χ1v) is 15.7. The van der Waals surface area contributed by atoms with Gasteiger partial charge in [0.2, 0.25) is 0 Å². The van der Waals surface area contributed by atoms with Crippen molar-refractivity contribution < 1.29 is 0 Å². The van der Waals surface area contributed by atoms with Crippen molar-refractivity contribution in [1.29, 1.82) is 0 Å². The Kier molecular flexibility index (Phi) is 6.96. The summed E-state index contributed by atoms with van der Waals surface area (Å²) in [4.78, 5) is 0. The smallest absolute Gasteiger partial charge is 0.0574 e. The van der Waals surface area contributed by atoms with Gasteiger partial charge in [-0.1, -0.05) is 98.7 Å². The van der Waals surface area contributed by atoms with Crippen LogP contribution < -0.4 is 0 Å². The lowest BCUT2D eigenvalue weighted by Crippen LogP contribution is -2.09. The summed E-state index contributed by atoms with van der Waals surface area (Å²) in [5, 5.41) is 0. The van der Waals surface area contributed by atoms with Crippen molar-refractivity contribution >= 4 is 0 Å². The molecule has 0 bridgehead atoms. The fourth-order valence-electron chi connectivity index (χ4n) is 6.33. The second-order valence-electron chi connectivity index (χ2n) is 15.3. The summed E-state index contributed by atoms with van der Waals surface area (Å²) < 4.78 is 0. The zero-order chi connectivity index (χ0) is 30.7. The van der Waals surface area contributed by atoms with Crippen molar-refractivity contribution in [3.8, 4) is 33.4 Å². The third kappa shape index (κ3) is 5.45. The van der Waals surface area contributed by atoms with Crippen LogP contribution in [0.1, 0.15) is 95.7 Å². The number of rotatable bonds is 3. The first-order chi connectivity index (χ1) is 20.2. The molecule has 0 unspecified atom stereocenters. The molecule has 0 saturated heterocycles. The van der Waals surface area contributed by atoms with E-state index in [4.69, 9.17) is 0 Å². The average Bonchev–Trinajstić information content (AvgIpc) is 3.43. The van der Waals surface area contributed by atoms with Gasteiger partial charge in [0.1, 0.15) is 0 Å². The van der Waals surface area contributed by atoms with Crippen molar-refractivity contribution in [2.45, 2.75) is 78.6 Å². The Hall–Kier alpha value is -4.03. The number of hydrogen-bond donors (Lipinski definition) is 0. The standard InChI is InChI=1S/C43H45/c1-41(2,3)31-16-10-28-13-22-37(34(28)25-19-31)40(38-23-14-29-11-17-32(42(4,5)6)20-26-35(29)38)39-24-15-30-12-18-33(43(7,8)9)21-27-36(30)39/h10-27H,1-9H3/q+1. The van der Waals surface area contributed by atoms with Gasteiger partial charge < -0.3 is 0 Å². The van der Waals surface area contributed by atoms with E-state index in [1.807, 2.05) is 0 Å². The summed E-state index contributed by atoms with van der Waals surface area (Å²) in [6.45, 7) is 20.6. The van der Waals surface area contributed by atoms with Gasteiger partial charge >= 0.3 is 0 Å². The van der Waals surface area contributed by atoms with Gasteiger partial charge in [0.05, 0.1) is 22.6 Å². The highest BCUT2D eigenvalue weighted by atomic mass is 14.3. The molecule has 0 amide bonds. The zero-order valence-corrected chi connectivity index (χ0v) is 27.4. The molecule has 0 fully saturated rings. The van der Waals surface area contributed by atoms with E-state index in [-0.39, 0.29) is 16.2 Å². The monoisotopic (exact) mass is 561 g/mol. The van der Waals surface area contributed by atoms with Gasteiger partial charge in [0, 0.05) is 33.4 Å². The van der Waals surface area contributed by atoms with E-state index < -0.39 is 0 Å². The largest absolute Gasteiger partial charge is 0.0651 e. The Morgan fingerprint density at radius 1 is 0.302 bits per heavy atom. The fraction of sp³-hybridized carbons (Fsp3) is 0.279. The normalized spacial score (nSPS) is 12.8. The molecule has 0 nitrogen and oxygen atoms in total. The lowest BCUT2D eigenvalue weighted by Gasteiger charge is -2.17. The lowest BCUT2D eigenvalue weighted by atomic mass is 9.82. The molecule has 0 spiro atoms. The molecular formula is C43H45+. The van der Waals surface area contributed by atoms with Gasteiger partial charge in [-0.05, 0) is 106 Å². The first kappa shape index (κ1) is 29.1. The van der Waals surface area contributed by atoms with Crippen LogP contribution in [0.15, 0.2) is 109 Å². The van der Waals surface area contributed by atoms with Crippen molar-refractivity contribution in [2.24, 2.45) is 0 Å². The van der Waals surface area contributed by atoms with Crippen molar-refractivity contribution in [1.82, 2.24) is 0 Å². The van der Waals surface area contributed by atoms with Gasteiger partial charge in [-0.2, -0.15) is 0 Å². The molecule has 6 aliphatic carbocycles. The Bertz CT molecular complexity index is 1600. The van der Waals surface area contributed by atoms with Crippen LogP contribution in [0, 0.1) is 5.92 Å². The van der Waals surface area contributed by atoms with Crippen LogP contribution in [-0.4, -0.2) is 0 Å². The quantitative estimate of drug-likeness (QED) is 0.189. The van der Waals surface area contributed by atoms with Crippen LogP contribution in [0.4, 0.5) is 0 Å². The van der Waals surface area contributed by atoms with Crippen LogP contribution in [0.3, 0.4) is 0 Å². The molecular weight excluding hydrogens is 516 g/mol. The van der Waals surface area contributed by atoms with Crippen LogP contribution in [0.5, 0.6) is 0 Å². The molecule has 0 radical (unpaired) electrons. The lowest BCUT2D eigenvalue weighted by molar-refractivity contribution is 0.590. The molecule has 0 N–H and O–H groups in total. The van der Waals surface area contributed by atoms with E-state index in [1.54, 1.807) is 0 Å². The molecule has 0 aliphatic heterocycles. The van der Waals surface area contributed by atoms with E-state index in [0.29, 0.717) is 0 Å². The highest BCUT2D eigenvalue weighted by Gasteiger charge is 2.34. The third-order valence-electron chi connectivity index (χ3n) is 9.11. The van der Waals surface area contributed by atoms with Gasteiger partial charge in [0.25, 0.3) is 0 Å². The molecule has 6 rings (SSSR count). The van der Waals surface area contributed by atoms with Gasteiger partial charge in [-0.15, -0.1) is 0 Å². The van der Waals surface area contributed by atoms with Crippen LogP contribution in [0.2, 0.25) is 0 Å². The molecule has 216 valence electrons. The summed E-state index contributed by atoms with van der Waals surface area (Å²) in [6.07, 6.45) is 0. The van der Waals surface area contributed by atoms with Gasteiger partial charge in [-0.3, -0.25) is 0 Å². The predicted molar refractivity (Wildman–Crippen MR) is 186 cm³/mol. The van der Waals surface area contributed by atoms with E-state index in [0.717, 1.165) is 0 Å². The van der Waals surface area contributed by atoms with Gasteiger partial charge in [-0.25, -0.2) is 0 Å². The summed E-state index contributed by atoms with van der Waals surface area (Å²) in [5.74, 6) is 1.30. The molecule has 0 aromatic rings. The molecule has 0 saturated carbocycles. The van der Waals surface area contributed by atoms with Crippen molar-refractivity contribution in [2.75, 3.05) is 0 Å². The minimum atomic E-state index is 0.0892. The highest BCUT2D eigenvalue weighted by Crippen LogP contribution is 2.47.